The van der Waals surface area contributed by atoms with Crippen molar-refractivity contribution in [3.63, 3.8) is 0 Å². The van der Waals surface area contributed by atoms with Gasteiger partial charge in [0.05, 0.1) is 5.52 Å². The average Bonchev–Trinajstić information content (AvgIpc) is 4.00. The van der Waals surface area contributed by atoms with Gasteiger partial charge in [-0.25, -0.2) is 0 Å². The highest BCUT2D eigenvalue weighted by molar-refractivity contribution is 7.25. The number of hydrogen-bond acceptors (Lipinski definition) is 3. The Bertz CT molecular complexity index is 3570. The molecule has 0 saturated heterocycles. The third-order valence-electron chi connectivity index (χ3n) is 13.6. The van der Waals surface area contributed by atoms with E-state index >= 15 is 0 Å². The number of hydrogen-bond donors (Lipinski definition) is 0. The van der Waals surface area contributed by atoms with E-state index < -0.39 is 0 Å². The summed E-state index contributed by atoms with van der Waals surface area (Å²) in [6, 6.07) is 65.5. The Morgan fingerprint density at radius 2 is 1.02 bits per heavy atom. The van der Waals surface area contributed by atoms with Gasteiger partial charge in [0.1, 0.15) is 4.83 Å². The second-order valence-corrected chi connectivity index (χ2v) is 19.1. The Morgan fingerprint density at radius 3 is 1.63 bits per heavy atom. The van der Waals surface area contributed by atoms with Crippen molar-refractivity contribution < 1.29 is 0 Å². The Balaban J connectivity index is 1.10. The summed E-state index contributed by atoms with van der Waals surface area (Å²) >= 11 is 1.93. The topological polar surface area (TPSA) is 10.9 Å². The van der Waals surface area contributed by atoms with Crippen LogP contribution < -0.4 is 9.80 Å². The van der Waals surface area contributed by atoms with Crippen LogP contribution in [0.25, 0.3) is 58.8 Å². The van der Waals surface area contributed by atoms with Gasteiger partial charge in [-0.2, -0.15) is 0 Å². The molecule has 304 valence electrons. The van der Waals surface area contributed by atoms with Crippen molar-refractivity contribution >= 4 is 82.1 Å². The molecule has 0 fully saturated rings. The molecule has 0 bridgehead atoms. The standard InChI is InChI=1S/C59H47N3S/c1-36-20-24-42(25-21-36)60(51-18-12-10-14-38(51)3)44-28-30-46-50(34-44)59(5,6)57-54(46)48-32-41(40-16-8-7-9-17-40)33-49-55-47-31-29-45(35-53(47)63-58(55)62(57)56(48)49)61(43-26-22-37(2)23-27-43)52-19-13-11-15-39(52)4/h7-35H,1-6H3. The lowest BCUT2D eigenvalue weighted by molar-refractivity contribution is 0.634. The van der Waals surface area contributed by atoms with Crippen molar-refractivity contribution in [1.82, 2.24) is 4.40 Å². The quantitative estimate of drug-likeness (QED) is 0.158. The van der Waals surface area contributed by atoms with Gasteiger partial charge in [-0.05, 0) is 134 Å². The minimum atomic E-state index is -0.287. The predicted molar refractivity (Wildman–Crippen MR) is 270 cm³/mol. The summed E-state index contributed by atoms with van der Waals surface area (Å²) in [7, 11) is 0. The maximum atomic E-state index is 2.66. The highest BCUT2D eigenvalue weighted by atomic mass is 32.1. The predicted octanol–water partition coefficient (Wildman–Crippen LogP) is 17.0. The smallest absolute Gasteiger partial charge is 0.109 e. The Hall–Kier alpha value is -7.14. The highest BCUT2D eigenvalue weighted by Gasteiger charge is 2.42. The molecule has 0 N–H and O–H groups in total. The van der Waals surface area contributed by atoms with Gasteiger partial charge in [-0.1, -0.05) is 128 Å². The minimum absolute atomic E-state index is 0.287. The van der Waals surface area contributed by atoms with Crippen LogP contribution >= 0.6 is 11.3 Å². The monoisotopic (exact) mass is 829 g/mol. The molecule has 0 spiro atoms. The van der Waals surface area contributed by atoms with Crippen LogP contribution in [-0.2, 0) is 5.41 Å². The zero-order valence-corrected chi connectivity index (χ0v) is 37.3. The van der Waals surface area contributed by atoms with E-state index in [0.29, 0.717) is 0 Å². The van der Waals surface area contributed by atoms with Crippen LogP contribution in [0.3, 0.4) is 0 Å². The number of nitrogens with zero attached hydrogens (tertiary/aromatic N) is 3. The molecule has 63 heavy (non-hydrogen) atoms. The van der Waals surface area contributed by atoms with Gasteiger partial charge in [0, 0.05) is 77.0 Å². The number of aryl methyl sites for hydroxylation is 4. The summed E-state index contributed by atoms with van der Waals surface area (Å²) < 4.78 is 3.95. The molecule has 0 amide bonds. The molecule has 0 atom stereocenters. The van der Waals surface area contributed by atoms with E-state index in [-0.39, 0.29) is 5.41 Å². The van der Waals surface area contributed by atoms with Crippen LogP contribution in [-0.4, -0.2) is 4.40 Å². The summed E-state index contributed by atoms with van der Waals surface area (Å²) in [5.41, 5.74) is 21.0. The van der Waals surface area contributed by atoms with Gasteiger partial charge in [0.15, 0.2) is 0 Å². The number of benzene rings is 8. The Kier molecular flexibility index (Phi) is 8.32. The molecule has 0 radical (unpaired) electrons. The van der Waals surface area contributed by atoms with Crippen LogP contribution in [0, 0.1) is 27.7 Å². The molecule has 0 unspecified atom stereocenters. The highest BCUT2D eigenvalue weighted by Crippen LogP contribution is 2.58. The number of rotatable bonds is 7. The molecule has 4 heteroatoms. The summed E-state index contributed by atoms with van der Waals surface area (Å²) in [6.45, 7) is 13.6. The van der Waals surface area contributed by atoms with Crippen molar-refractivity contribution in [3.05, 3.63) is 209 Å². The summed E-state index contributed by atoms with van der Waals surface area (Å²) in [5, 5.41) is 5.30. The third-order valence-corrected chi connectivity index (χ3v) is 14.8. The zero-order valence-electron chi connectivity index (χ0n) is 36.5. The molecular weight excluding hydrogens is 783 g/mol. The van der Waals surface area contributed by atoms with Gasteiger partial charge < -0.3 is 14.2 Å². The Morgan fingerprint density at radius 1 is 0.476 bits per heavy atom. The maximum absolute atomic E-state index is 2.66. The SMILES string of the molecule is Cc1ccc(N(c2ccc3c(c2)C(C)(C)c2c-3c3cc(-c4ccccc4)cc4c5c6ccc(N(c7ccc(C)cc7)c7ccccc7C)cc6sc5n2c34)c2ccccc2C)cc1. The maximum Gasteiger partial charge on any atom is 0.109 e. The van der Waals surface area contributed by atoms with E-state index in [4.69, 9.17) is 0 Å². The molecule has 3 aromatic heterocycles. The molecule has 1 aliphatic rings. The number of anilines is 6. The lowest BCUT2D eigenvalue weighted by Gasteiger charge is -2.29. The lowest BCUT2D eigenvalue weighted by atomic mass is 9.85. The molecule has 3 nitrogen and oxygen atoms in total. The van der Waals surface area contributed by atoms with Crippen LogP contribution in [0.4, 0.5) is 34.1 Å². The van der Waals surface area contributed by atoms with Crippen molar-refractivity contribution in [2.24, 2.45) is 0 Å². The lowest BCUT2D eigenvalue weighted by Crippen LogP contribution is -2.19. The second-order valence-electron chi connectivity index (χ2n) is 18.1. The second kappa shape index (κ2) is 13.9. The fourth-order valence-corrected chi connectivity index (χ4v) is 11.8. The van der Waals surface area contributed by atoms with E-state index in [2.05, 4.69) is 232 Å². The minimum Gasteiger partial charge on any atom is -0.310 e. The van der Waals surface area contributed by atoms with Crippen LogP contribution in [0.5, 0.6) is 0 Å². The van der Waals surface area contributed by atoms with Crippen molar-refractivity contribution in [1.29, 1.82) is 0 Å². The number of thiophene rings is 1. The van der Waals surface area contributed by atoms with Crippen LogP contribution in [0.15, 0.2) is 176 Å². The van der Waals surface area contributed by atoms with Crippen molar-refractivity contribution in [2.75, 3.05) is 9.80 Å². The van der Waals surface area contributed by atoms with E-state index in [9.17, 15) is 0 Å². The summed E-state index contributed by atoms with van der Waals surface area (Å²) in [6.07, 6.45) is 0. The normalized spacial score (nSPS) is 13.0. The molecular formula is C59H47N3S. The molecule has 11 aromatic rings. The van der Waals surface area contributed by atoms with Gasteiger partial charge in [-0.3, -0.25) is 0 Å². The van der Waals surface area contributed by atoms with E-state index in [0.717, 1.165) is 17.1 Å². The van der Waals surface area contributed by atoms with Gasteiger partial charge in [0.2, 0.25) is 0 Å². The van der Waals surface area contributed by atoms with Gasteiger partial charge in [-0.15, -0.1) is 11.3 Å². The van der Waals surface area contributed by atoms with E-state index in [1.807, 2.05) is 11.3 Å². The first-order valence-electron chi connectivity index (χ1n) is 22.0. The summed E-state index contributed by atoms with van der Waals surface area (Å²) in [5.74, 6) is 0. The van der Waals surface area contributed by atoms with Crippen LogP contribution in [0.1, 0.15) is 47.4 Å². The fourth-order valence-electron chi connectivity index (χ4n) is 10.5. The van der Waals surface area contributed by atoms with E-state index in [1.54, 1.807) is 0 Å². The van der Waals surface area contributed by atoms with Crippen molar-refractivity contribution in [2.45, 2.75) is 47.0 Å². The first-order valence-corrected chi connectivity index (χ1v) is 22.8. The Labute approximate surface area is 373 Å². The average molecular weight is 830 g/mol. The molecule has 0 saturated carbocycles. The van der Waals surface area contributed by atoms with Gasteiger partial charge in [0.25, 0.3) is 0 Å². The van der Waals surface area contributed by atoms with Crippen LogP contribution in [0.2, 0.25) is 0 Å². The van der Waals surface area contributed by atoms with Crippen molar-refractivity contribution in [3.8, 4) is 22.3 Å². The molecule has 12 rings (SSSR count). The molecule has 0 aliphatic heterocycles. The van der Waals surface area contributed by atoms with E-state index in [1.165, 1.54) is 109 Å². The number of para-hydroxylation sites is 2. The molecule has 1 aliphatic carbocycles. The number of aromatic nitrogens is 1. The van der Waals surface area contributed by atoms with Gasteiger partial charge >= 0.3 is 0 Å². The third kappa shape index (κ3) is 5.64. The largest absolute Gasteiger partial charge is 0.310 e. The summed E-state index contributed by atoms with van der Waals surface area (Å²) in [4.78, 5) is 6.16. The zero-order chi connectivity index (χ0) is 42.7. The first-order chi connectivity index (χ1) is 30.7. The fraction of sp³-hybridized carbons (Fsp3) is 0.119. The first kappa shape index (κ1) is 37.6. The molecule has 8 aromatic carbocycles. The number of fused-ring (bicyclic) bond motifs is 10. The molecule has 3 heterocycles.